The number of ether oxygens (including phenoxy) is 1. The summed E-state index contributed by atoms with van der Waals surface area (Å²) in [6, 6.07) is 1.89. The van der Waals surface area contributed by atoms with Crippen molar-refractivity contribution >= 4 is 11.8 Å². The molecular formula is C14H19NO3. The van der Waals surface area contributed by atoms with Crippen LogP contribution in [-0.2, 0) is 9.53 Å². The lowest BCUT2D eigenvalue weighted by Crippen LogP contribution is -2.27. The van der Waals surface area contributed by atoms with Gasteiger partial charge in [0.1, 0.15) is 11.6 Å². The van der Waals surface area contributed by atoms with Crippen LogP contribution in [0.15, 0.2) is 12.3 Å². The summed E-state index contributed by atoms with van der Waals surface area (Å²) in [5.74, 6) is -1.47. The Hall–Kier alpha value is -1.71. The number of hydrogen-bond donors (Lipinski definition) is 0. The number of carbonyl (C=O) groups is 2. The van der Waals surface area contributed by atoms with Gasteiger partial charge in [0, 0.05) is 6.20 Å². The smallest absolute Gasteiger partial charge is 0.316 e. The molecule has 4 heteroatoms. The monoisotopic (exact) mass is 249 g/mol. The van der Waals surface area contributed by atoms with Crippen LogP contribution < -0.4 is 0 Å². The van der Waals surface area contributed by atoms with Crippen molar-refractivity contribution in [3.05, 3.63) is 29.1 Å². The molecule has 0 fully saturated rings. The highest BCUT2D eigenvalue weighted by molar-refractivity contribution is 6.08. The first-order valence-corrected chi connectivity index (χ1v) is 6.15. The summed E-state index contributed by atoms with van der Waals surface area (Å²) in [6.07, 6.45) is 2.06. The molecule has 1 aromatic heterocycles. The molecule has 1 aromatic rings. The third-order valence-electron chi connectivity index (χ3n) is 2.74. The van der Waals surface area contributed by atoms with E-state index >= 15 is 0 Å². The van der Waals surface area contributed by atoms with E-state index in [0.717, 1.165) is 11.1 Å². The lowest BCUT2D eigenvalue weighted by molar-refractivity contribution is -0.146. The Bertz CT molecular complexity index is 454. The second kappa shape index (κ2) is 6.28. The Labute approximate surface area is 107 Å². The van der Waals surface area contributed by atoms with Crippen LogP contribution in [0.5, 0.6) is 0 Å². The van der Waals surface area contributed by atoms with Crippen LogP contribution in [0.2, 0.25) is 0 Å². The molecule has 0 radical (unpaired) electrons. The number of aryl methyl sites for hydroxylation is 2. The summed E-state index contributed by atoms with van der Waals surface area (Å²) >= 11 is 0. The highest BCUT2D eigenvalue weighted by Gasteiger charge is 2.28. The van der Waals surface area contributed by atoms with Gasteiger partial charge in [0.15, 0.2) is 5.78 Å². The van der Waals surface area contributed by atoms with E-state index in [-0.39, 0.29) is 12.4 Å². The van der Waals surface area contributed by atoms with Gasteiger partial charge < -0.3 is 4.74 Å². The van der Waals surface area contributed by atoms with Crippen molar-refractivity contribution in [1.82, 2.24) is 4.98 Å². The van der Waals surface area contributed by atoms with E-state index in [1.54, 1.807) is 20.0 Å². The average Bonchev–Trinajstić information content (AvgIpc) is 2.29. The minimum absolute atomic E-state index is 0.256. The number of ketones is 1. The summed E-state index contributed by atoms with van der Waals surface area (Å²) in [6.45, 7) is 7.54. The predicted octanol–water partition coefficient (Wildman–Crippen LogP) is 2.47. The zero-order valence-corrected chi connectivity index (χ0v) is 11.3. The first-order chi connectivity index (χ1) is 8.51. The van der Waals surface area contributed by atoms with Crippen molar-refractivity contribution in [1.29, 1.82) is 0 Å². The van der Waals surface area contributed by atoms with Gasteiger partial charge >= 0.3 is 5.97 Å². The van der Waals surface area contributed by atoms with Gasteiger partial charge in [-0.05, 0) is 38.3 Å². The van der Waals surface area contributed by atoms with Gasteiger partial charge in [-0.3, -0.25) is 14.6 Å². The van der Waals surface area contributed by atoms with Crippen LogP contribution >= 0.6 is 0 Å². The molecule has 0 spiro atoms. The van der Waals surface area contributed by atoms with Gasteiger partial charge in [-0.1, -0.05) is 13.0 Å². The van der Waals surface area contributed by atoms with Crippen molar-refractivity contribution in [3.8, 4) is 0 Å². The zero-order chi connectivity index (χ0) is 13.7. The second-order valence-electron chi connectivity index (χ2n) is 4.26. The number of hydrogen-bond acceptors (Lipinski definition) is 4. The van der Waals surface area contributed by atoms with E-state index in [1.165, 1.54) is 0 Å². The lowest BCUT2D eigenvalue weighted by Gasteiger charge is -2.13. The van der Waals surface area contributed by atoms with Crippen molar-refractivity contribution in [2.45, 2.75) is 34.1 Å². The highest BCUT2D eigenvalue weighted by Crippen LogP contribution is 2.16. The van der Waals surface area contributed by atoms with Crippen LogP contribution in [0.4, 0.5) is 0 Å². The Morgan fingerprint density at radius 3 is 2.50 bits per heavy atom. The molecular weight excluding hydrogens is 230 g/mol. The normalized spacial score (nSPS) is 12.0. The molecule has 0 aliphatic heterocycles. The number of rotatable bonds is 5. The maximum atomic E-state index is 12.3. The highest BCUT2D eigenvalue weighted by atomic mass is 16.5. The van der Waals surface area contributed by atoms with E-state index < -0.39 is 11.9 Å². The van der Waals surface area contributed by atoms with Crippen LogP contribution in [0, 0.1) is 19.8 Å². The first-order valence-electron chi connectivity index (χ1n) is 6.15. The molecule has 18 heavy (non-hydrogen) atoms. The molecule has 4 nitrogen and oxygen atoms in total. The molecule has 0 N–H and O–H groups in total. The fourth-order valence-electron chi connectivity index (χ4n) is 1.84. The van der Waals surface area contributed by atoms with Gasteiger partial charge in [0.25, 0.3) is 0 Å². The number of nitrogens with zero attached hydrogens (tertiary/aromatic N) is 1. The largest absolute Gasteiger partial charge is 0.465 e. The molecule has 0 aromatic carbocycles. The summed E-state index contributed by atoms with van der Waals surface area (Å²) < 4.78 is 4.91. The van der Waals surface area contributed by atoms with E-state index in [2.05, 4.69) is 4.98 Å². The topological polar surface area (TPSA) is 56.3 Å². The number of carbonyl (C=O) groups excluding carboxylic acids is 2. The maximum absolute atomic E-state index is 12.3. The summed E-state index contributed by atoms with van der Waals surface area (Å²) in [5.41, 5.74) is 2.15. The van der Waals surface area contributed by atoms with Gasteiger partial charge in [-0.25, -0.2) is 0 Å². The molecule has 1 atom stereocenters. The summed E-state index contributed by atoms with van der Waals surface area (Å²) in [7, 11) is 0. The van der Waals surface area contributed by atoms with E-state index in [1.807, 2.05) is 19.9 Å². The SMILES string of the molecule is CCOC(=O)C(CC)C(=O)c1ncc(C)cc1C. The van der Waals surface area contributed by atoms with Crippen LogP contribution in [0.25, 0.3) is 0 Å². The number of pyridine rings is 1. The molecule has 0 aliphatic rings. The van der Waals surface area contributed by atoms with Crippen LogP contribution in [0.3, 0.4) is 0 Å². The number of Topliss-reactive ketones (excluding diaryl/α,β-unsaturated/α-hetero) is 1. The standard InChI is InChI=1S/C14H19NO3/c1-5-11(14(17)18-6-2)13(16)12-10(4)7-9(3)8-15-12/h7-8,11H,5-6H2,1-4H3. The minimum atomic E-state index is -0.751. The van der Waals surface area contributed by atoms with Gasteiger partial charge in [-0.15, -0.1) is 0 Å². The van der Waals surface area contributed by atoms with E-state index in [0.29, 0.717) is 12.1 Å². The van der Waals surface area contributed by atoms with E-state index in [9.17, 15) is 9.59 Å². The molecule has 0 bridgehead atoms. The van der Waals surface area contributed by atoms with E-state index in [4.69, 9.17) is 4.74 Å². The Morgan fingerprint density at radius 1 is 1.33 bits per heavy atom. The summed E-state index contributed by atoms with van der Waals surface area (Å²) in [5, 5.41) is 0. The third-order valence-corrected chi connectivity index (χ3v) is 2.74. The molecule has 1 heterocycles. The van der Waals surface area contributed by atoms with Gasteiger partial charge in [-0.2, -0.15) is 0 Å². The summed E-state index contributed by atoms with van der Waals surface area (Å²) in [4.78, 5) is 28.1. The van der Waals surface area contributed by atoms with Crippen LogP contribution in [0.1, 0.15) is 41.9 Å². The number of aromatic nitrogens is 1. The fraction of sp³-hybridized carbons (Fsp3) is 0.500. The molecule has 0 aliphatic carbocycles. The molecule has 0 saturated carbocycles. The van der Waals surface area contributed by atoms with Crippen molar-refractivity contribution < 1.29 is 14.3 Å². The Balaban J connectivity index is 3.00. The average molecular weight is 249 g/mol. The quantitative estimate of drug-likeness (QED) is 0.457. The van der Waals surface area contributed by atoms with Gasteiger partial charge in [0.05, 0.1) is 6.61 Å². The zero-order valence-electron chi connectivity index (χ0n) is 11.3. The Kier molecular flexibility index (Phi) is 5.01. The fourth-order valence-corrected chi connectivity index (χ4v) is 1.84. The molecule has 1 unspecified atom stereocenters. The first kappa shape index (κ1) is 14.4. The molecule has 0 amide bonds. The minimum Gasteiger partial charge on any atom is -0.465 e. The lowest BCUT2D eigenvalue weighted by atomic mass is 9.96. The predicted molar refractivity (Wildman–Crippen MR) is 68.5 cm³/mol. The van der Waals surface area contributed by atoms with Crippen molar-refractivity contribution in [3.63, 3.8) is 0 Å². The van der Waals surface area contributed by atoms with Crippen LogP contribution in [-0.4, -0.2) is 23.3 Å². The van der Waals surface area contributed by atoms with Gasteiger partial charge in [0.2, 0.25) is 0 Å². The van der Waals surface area contributed by atoms with Crippen molar-refractivity contribution in [2.24, 2.45) is 5.92 Å². The second-order valence-corrected chi connectivity index (χ2v) is 4.26. The molecule has 0 saturated heterocycles. The third kappa shape index (κ3) is 3.15. The molecule has 98 valence electrons. The number of esters is 1. The van der Waals surface area contributed by atoms with Crippen molar-refractivity contribution in [2.75, 3.05) is 6.61 Å². The maximum Gasteiger partial charge on any atom is 0.316 e. The molecule has 1 rings (SSSR count). The Morgan fingerprint density at radius 2 is 2.00 bits per heavy atom.